The number of methoxy groups -OCH3 is 1. The van der Waals surface area contributed by atoms with Gasteiger partial charge in [-0.25, -0.2) is 4.79 Å². The molecular formula is C18H23N3O4. The highest BCUT2D eigenvalue weighted by atomic mass is 16.5. The Kier molecular flexibility index (Phi) is 4.35. The van der Waals surface area contributed by atoms with Crippen molar-refractivity contribution in [1.82, 2.24) is 14.7 Å². The van der Waals surface area contributed by atoms with E-state index in [0.717, 1.165) is 31.7 Å². The molecule has 0 amide bonds. The highest BCUT2D eigenvalue weighted by Gasteiger charge is 2.42. The summed E-state index contributed by atoms with van der Waals surface area (Å²) in [7, 11) is 1.34. The number of rotatable bonds is 4. The van der Waals surface area contributed by atoms with Crippen molar-refractivity contribution in [3.05, 3.63) is 42.1 Å². The van der Waals surface area contributed by atoms with Gasteiger partial charge in [0.25, 0.3) is 0 Å². The van der Waals surface area contributed by atoms with Gasteiger partial charge in [-0.2, -0.15) is 5.10 Å². The number of aliphatic hydroxyl groups excluding tert-OH is 1. The van der Waals surface area contributed by atoms with E-state index in [2.05, 4.69) is 14.7 Å². The van der Waals surface area contributed by atoms with E-state index in [4.69, 9.17) is 4.42 Å². The summed E-state index contributed by atoms with van der Waals surface area (Å²) in [6.07, 6.45) is 5.08. The Morgan fingerprint density at radius 3 is 2.88 bits per heavy atom. The van der Waals surface area contributed by atoms with Gasteiger partial charge in [0.2, 0.25) is 5.76 Å². The van der Waals surface area contributed by atoms with Gasteiger partial charge in [-0.15, -0.1) is 0 Å². The van der Waals surface area contributed by atoms with Crippen molar-refractivity contribution in [3.8, 4) is 0 Å². The molecule has 2 fully saturated rings. The molecule has 2 aromatic rings. The van der Waals surface area contributed by atoms with Crippen molar-refractivity contribution < 1.29 is 19.1 Å². The number of ether oxygens (including phenoxy) is 1. The van der Waals surface area contributed by atoms with Crippen LogP contribution in [0, 0.1) is 11.8 Å². The van der Waals surface area contributed by atoms with Crippen LogP contribution in [0.5, 0.6) is 0 Å². The number of carbonyl (C=O) groups excluding carboxylic acids is 1. The molecule has 1 saturated carbocycles. The Morgan fingerprint density at radius 2 is 2.16 bits per heavy atom. The Labute approximate surface area is 146 Å². The van der Waals surface area contributed by atoms with Crippen molar-refractivity contribution >= 4 is 5.97 Å². The lowest BCUT2D eigenvalue weighted by Crippen LogP contribution is -2.36. The fourth-order valence-electron chi connectivity index (χ4n) is 4.29. The lowest BCUT2D eigenvalue weighted by Gasteiger charge is -2.35. The van der Waals surface area contributed by atoms with Crippen LogP contribution in [-0.4, -0.2) is 52.1 Å². The summed E-state index contributed by atoms with van der Waals surface area (Å²) in [6.45, 7) is 2.59. The third-order valence-corrected chi connectivity index (χ3v) is 5.48. The van der Waals surface area contributed by atoms with Crippen LogP contribution in [0.1, 0.15) is 35.2 Å². The highest BCUT2D eigenvalue weighted by molar-refractivity contribution is 5.86. The molecule has 1 aliphatic carbocycles. The van der Waals surface area contributed by atoms with Crippen LogP contribution in [0.25, 0.3) is 0 Å². The van der Waals surface area contributed by atoms with Crippen molar-refractivity contribution in [2.45, 2.75) is 31.5 Å². The zero-order valence-corrected chi connectivity index (χ0v) is 14.2. The van der Waals surface area contributed by atoms with Crippen LogP contribution in [-0.2, 0) is 11.3 Å². The standard InChI is InChI=1S/C18H23N3O4/c1-24-18(23)17-4-3-14(25-17)11-20-9-12-7-15(21-6-2-5-19-21)16(22)8-13(12)10-20/h2-6,12-13,15-16,22H,7-11H2,1H3/t12-,13+,15-,16-/m1/s1. The van der Waals surface area contributed by atoms with Gasteiger partial charge in [0.1, 0.15) is 5.76 Å². The van der Waals surface area contributed by atoms with E-state index < -0.39 is 5.97 Å². The van der Waals surface area contributed by atoms with Gasteiger partial charge < -0.3 is 14.3 Å². The van der Waals surface area contributed by atoms with E-state index in [1.54, 1.807) is 12.3 Å². The first kappa shape index (κ1) is 16.4. The number of hydrogen-bond acceptors (Lipinski definition) is 6. The smallest absolute Gasteiger partial charge is 0.373 e. The van der Waals surface area contributed by atoms with E-state index in [9.17, 15) is 9.90 Å². The van der Waals surface area contributed by atoms with Gasteiger partial charge in [-0.1, -0.05) is 0 Å². The first-order valence-electron chi connectivity index (χ1n) is 8.70. The second kappa shape index (κ2) is 6.65. The first-order valence-corrected chi connectivity index (χ1v) is 8.70. The van der Waals surface area contributed by atoms with E-state index in [-0.39, 0.29) is 17.9 Å². The topological polar surface area (TPSA) is 80.7 Å². The molecule has 3 heterocycles. The monoisotopic (exact) mass is 345 g/mol. The SMILES string of the molecule is COC(=O)c1ccc(CN2C[C@H]3C[C@@H](n4cccn4)[C@H](O)C[C@H]3C2)o1. The second-order valence-electron chi connectivity index (χ2n) is 7.06. The maximum Gasteiger partial charge on any atom is 0.373 e. The largest absolute Gasteiger partial charge is 0.463 e. The third-order valence-electron chi connectivity index (χ3n) is 5.48. The number of aromatic nitrogens is 2. The number of esters is 1. The molecule has 2 aromatic heterocycles. The fourth-order valence-corrected chi connectivity index (χ4v) is 4.29. The Balaban J connectivity index is 1.39. The zero-order valence-electron chi connectivity index (χ0n) is 14.2. The number of nitrogens with zero attached hydrogens (tertiary/aromatic N) is 3. The summed E-state index contributed by atoms with van der Waals surface area (Å²) >= 11 is 0. The summed E-state index contributed by atoms with van der Waals surface area (Å²) < 4.78 is 12.1. The second-order valence-corrected chi connectivity index (χ2v) is 7.06. The molecule has 1 aliphatic heterocycles. The van der Waals surface area contributed by atoms with Crippen molar-refractivity contribution in [1.29, 1.82) is 0 Å². The van der Waals surface area contributed by atoms with E-state index in [1.807, 2.05) is 23.0 Å². The lowest BCUT2D eigenvalue weighted by atomic mass is 9.77. The number of furan rings is 1. The zero-order chi connectivity index (χ0) is 17.4. The average Bonchev–Trinajstić information content (AvgIpc) is 3.33. The summed E-state index contributed by atoms with van der Waals surface area (Å²) in [5, 5.41) is 14.8. The summed E-state index contributed by atoms with van der Waals surface area (Å²) in [5.41, 5.74) is 0. The Bertz CT molecular complexity index is 727. The molecular weight excluding hydrogens is 322 g/mol. The summed E-state index contributed by atoms with van der Waals surface area (Å²) in [6, 6.07) is 5.44. The molecule has 2 aliphatic rings. The summed E-state index contributed by atoms with van der Waals surface area (Å²) in [4.78, 5) is 13.8. The molecule has 0 bridgehead atoms. The lowest BCUT2D eigenvalue weighted by molar-refractivity contribution is 0.0306. The molecule has 7 heteroatoms. The predicted molar refractivity (Wildman–Crippen MR) is 88.8 cm³/mol. The Hall–Kier alpha value is -2.12. The molecule has 0 aromatic carbocycles. The first-order chi connectivity index (χ1) is 12.1. The minimum atomic E-state index is -0.452. The number of hydrogen-bond donors (Lipinski definition) is 1. The molecule has 25 heavy (non-hydrogen) atoms. The molecule has 4 atom stereocenters. The van der Waals surface area contributed by atoms with Gasteiger partial charge in [-0.3, -0.25) is 9.58 Å². The quantitative estimate of drug-likeness (QED) is 0.850. The van der Waals surface area contributed by atoms with Crippen LogP contribution >= 0.6 is 0 Å². The highest BCUT2D eigenvalue weighted by Crippen LogP contribution is 2.41. The molecule has 1 N–H and O–H groups in total. The van der Waals surface area contributed by atoms with Crippen LogP contribution in [0.15, 0.2) is 35.0 Å². The predicted octanol–water partition coefficient (Wildman–Crippen LogP) is 1.71. The van der Waals surface area contributed by atoms with Crippen molar-refractivity contribution in [2.75, 3.05) is 20.2 Å². The van der Waals surface area contributed by atoms with Gasteiger partial charge in [0.15, 0.2) is 0 Å². The molecule has 0 unspecified atom stereocenters. The van der Waals surface area contributed by atoms with Crippen molar-refractivity contribution in [3.63, 3.8) is 0 Å². The van der Waals surface area contributed by atoms with Crippen LogP contribution in [0.3, 0.4) is 0 Å². The van der Waals surface area contributed by atoms with Gasteiger partial charge >= 0.3 is 5.97 Å². The molecule has 1 saturated heterocycles. The molecule has 134 valence electrons. The van der Waals surface area contributed by atoms with Gasteiger partial charge in [-0.05, 0) is 42.9 Å². The van der Waals surface area contributed by atoms with Crippen molar-refractivity contribution in [2.24, 2.45) is 11.8 Å². The maximum atomic E-state index is 11.5. The molecule has 0 spiro atoms. The molecule has 0 radical (unpaired) electrons. The number of aliphatic hydroxyl groups is 1. The van der Waals surface area contributed by atoms with Crippen LogP contribution in [0.4, 0.5) is 0 Å². The summed E-state index contributed by atoms with van der Waals surface area (Å²) in [5.74, 6) is 1.60. The van der Waals surface area contributed by atoms with E-state index in [1.165, 1.54) is 7.11 Å². The molecule has 4 rings (SSSR count). The van der Waals surface area contributed by atoms with Crippen LogP contribution in [0.2, 0.25) is 0 Å². The number of fused-ring (bicyclic) bond motifs is 1. The number of carbonyl (C=O) groups is 1. The van der Waals surface area contributed by atoms with Gasteiger partial charge in [0.05, 0.1) is 25.8 Å². The minimum absolute atomic E-state index is 0.0609. The van der Waals surface area contributed by atoms with E-state index >= 15 is 0 Å². The van der Waals surface area contributed by atoms with Gasteiger partial charge in [0, 0.05) is 25.5 Å². The van der Waals surface area contributed by atoms with Crippen LogP contribution < -0.4 is 0 Å². The fraction of sp³-hybridized carbons (Fsp3) is 0.556. The minimum Gasteiger partial charge on any atom is -0.463 e. The van der Waals surface area contributed by atoms with E-state index in [0.29, 0.717) is 18.4 Å². The average molecular weight is 345 g/mol. The normalized spacial score (nSPS) is 29.5. The number of likely N-dealkylation sites (tertiary alicyclic amines) is 1. The maximum absolute atomic E-state index is 11.5. The molecule has 7 nitrogen and oxygen atoms in total. The Morgan fingerprint density at radius 1 is 1.36 bits per heavy atom. The third kappa shape index (κ3) is 3.21.